The molecule has 22 heavy (non-hydrogen) atoms. The summed E-state index contributed by atoms with van der Waals surface area (Å²) >= 11 is 3.42. The lowest BCUT2D eigenvalue weighted by atomic mass is 9.84. The zero-order valence-corrected chi connectivity index (χ0v) is 15.0. The van der Waals surface area contributed by atoms with Gasteiger partial charge in [0, 0.05) is 6.04 Å². The molecule has 1 aromatic rings. The van der Waals surface area contributed by atoms with Crippen LogP contribution in [0.15, 0.2) is 28.7 Å². The van der Waals surface area contributed by atoms with Gasteiger partial charge in [-0.2, -0.15) is 0 Å². The van der Waals surface area contributed by atoms with E-state index in [0.717, 1.165) is 23.1 Å². The third-order valence-corrected chi connectivity index (χ3v) is 4.64. The van der Waals surface area contributed by atoms with Gasteiger partial charge in [0.2, 0.25) is 5.91 Å². The van der Waals surface area contributed by atoms with E-state index < -0.39 is 0 Å². The molecule has 0 aromatic heterocycles. The molecular formula is C16H24BrClN2O2. The van der Waals surface area contributed by atoms with E-state index in [0.29, 0.717) is 25.5 Å². The van der Waals surface area contributed by atoms with Gasteiger partial charge in [-0.05, 0) is 53.4 Å². The Hall–Kier alpha value is -0.780. The van der Waals surface area contributed by atoms with E-state index in [9.17, 15) is 4.79 Å². The Morgan fingerprint density at radius 3 is 2.77 bits per heavy atom. The van der Waals surface area contributed by atoms with Gasteiger partial charge in [0.1, 0.15) is 5.75 Å². The zero-order chi connectivity index (χ0) is 15.1. The van der Waals surface area contributed by atoms with Crippen LogP contribution >= 0.6 is 28.3 Å². The van der Waals surface area contributed by atoms with Crippen LogP contribution in [-0.4, -0.2) is 25.1 Å². The predicted molar refractivity (Wildman–Crippen MR) is 94.4 cm³/mol. The lowest BCUT2D eigenvalue weighted by molar-refractivity contribution is -0.122. The Kier molecular flexibility index (Phi) is 8.83. The van der Waals surface area contributed by atoms with Gasteiger partial charge in [0.05, 0.1) is 17.5 Å². The topological polar surface area (TPSA) is 64.3 Å². The SMILES string of the molecule is Cl.NCC1CCCCC1NC(=O)CCOc1ccccc1Br. The summed E-state index contributed by atoms with van der Waals surface area (Å²) in [5.74, 6) is 1.24. The largest absolute Gasteiger partial charge is 0.492 e. The number of para-hydroxylation sites is 1. The second-order valence-corrected chi connectivity index (χ2v) is 6.34. The highest BCUT2D eigenvalue weighted by Gasteiger charge is 2.25. The molecule has 124 valence electrons. The van der Waals surface area contributed by atoms with Crippen molar-refractivity contribution in [2.45, 2.75) is 38.1 Å². The predicted octanol–water partition coefficient (Wildman–Crippen LogP) is 3.27. The number of hydrogen-bond acceptors (Lipinski definition) is 3. The Morgan fingerprint density at radius 1 is 1.32 bits per heavy atom. The summed E-state index contributed by atoms with van der Waals surface area (Å²) in [7, 11) is 0. The minimum Gasteiger partial charge on any atom is -0.492 e. The molecule has 0 radical (unpaired) electrons. The Bertz CT molecular complexity index is 473. The minimum atomic E-state index is 0. The van der Waals surface area contributed by atoms with E-state index in [1.165, 1.54) is 12.8 Å². The van der Waals surface area contributed by atoms with Gasteiger partial charge in [-0.1, -0.05) is 25.0 Å². The highest BCUT2D eigenvalue weighted by Crippen LogP contribution is 2.24. The number of benzene rings is 1. The van der Waals surface area contributed by atoms with Crippen molar-refractivity contribution in [1.82, 2.24) is 5.32 Å². The van der Waals surface area contributed by atoms with Crippen molar-refractivity contribution in [3.63, 3.8) is 0 Å². The van der Waals surface area contributed by atoms with Gasteiger partial charge in [0.25, 0.3) is 0 Å². The van der Waals surface area contributed by atoms with Crippen molar-refractivity contribution in [2.75, 3.05) is 13.2 Å². The van der Waals surface area contributed by atoms with Crippen LogP contribution in [0.4, 0.5) is 0 Å². The molecule has 1 amide bonds. The third-order valence-electron chi connectivity index (χ3n) is 3.98. The number of halogens is 2. The molecule has 2 unspecified atom stereocenters. The average Bonchev–Trinajstić information content (AvgIpc) is 2.50. The number of ether oxygens (including phenoxy) is 1. The van der Waals surface area contributed by atoms with E-state index in [1.54, 1.807) is 0 Å². The molecule has 1 saturated carbocycles. The fraction of sp³-hybridized carbons (Fsp3) is 0.562. The molecule has 1 aliphatic carbocycles. The van der Waals surface area contributed by atoms with E-state index in [-0.39, 0.29) is 24.4 Å². The maximum atomic E-state index is 12.0. The first kappa shape index (κ1) is 19.3. The van der Waals surface area contributed by atoms with Gasteiger partial charge >= 0.3 is 0 Å². The summed E-state index contributed by atoms with van der Waals surface area (Å²) in [5.41, 5.74) is 5.78. The highest BCUT2D eigenvalue weighted by atomic mass is 79.9. The summed E-state index contributed by atoms with van der Waals surface area (Å²) in [6.07, 6.45) is 4.93. The van der Waals surface area contributed by atoms with Crippen LogP contribution in [0.25, 0.3) is 0 Å². The number of hydrogen-bond donors (Lipinski definition) is 2. The molecule has 0 aliphatic heterocycles. The van der Waals surface area contributed by atoms with Gasteiger partial charge in [0.15, 0.2) is 0 Å². The molecule has 1 aromatic carbocycles. The lowest BCUT2D eigenvalue weighted by Crippen LogP contribution is -2.45. The van der Waals surface area contributed by atoms with Crippen molar-refractivity contribution in [2.24, 2.45) is 11.7 Å². The summed E-state index contributed by atoms with van der Waals surface area (Å²) in [6, 6.07) is 7.88. The van der Waals surface area contributed by atoms with Crippen LogP contribution in [0.1, 0.15) is 32.1 Å². The fourth-order valence-corrected chi connectivity index (χ4v) is 3.17. The maximum Gasteiger partial charge on any atom is 0.223 e. The van der Waals surface area contributed by atoms with Crippen molar-refractivity contribution >= 4 is 34.2 Å². The van der Waals surface area contributed by atoms with E-state index in [4.69, 9.17) is 10.5 Å². The van der Waals surface area contributed by atoms with Crippen molar-refractivity contribution in [3.05, 3.63) is 28.7 Å². The van der Waals surface area contributed by atoms with Crippen LogP contribution in [0.2, 0.25) is 0 Å². The molecule has 1 fully saturated rings. The molecular weight excluding hydrogens is 368 g/mol. The van der Waals surface area contributed by atoms with E-state index in [2.05, 4.69) is 21.2 Å². The summed E-state index contributed by atoms with van der Waals surface area (Å²) < 4.78 is 6.52. The standard InChI is InChI=1S/C16H23BrN2O2.ClH/c17-13-6-2-4-8-15(13)21-10-9-16(20)19-14-7-3-1-5-12(14)11-18;/h2,4,6,8,12,14H,1,3,5,7,9-11,18H2,(H,19,20);1H. The van der Waals surface area contributed by atoms with Crippen LogP contribution in [0.3, 0.4) is 0 Å². The number of nitrogens with two attached hydrogens (primary N) is 1. The number of carbonyl (C=O) groups is 1. The monoisotopic (exact) mass is 390 g/mol. The van der Waals surface area contributed by atoms with Crippen LogP contribution in [0, 0.1) is 5.92 Å². The number of rotatable bonds is 6. The smallest absolute Gasteiger partial charge is 0.223 e. The van der Waals surface area contributed by atoms with Crippen molar-refractivity contribution < 1.29 is 9.53 Å². The van der Waals surface area contributed by atoms with Gasteiger partial charge < -0.3 is 15.8 Å². The summed E-state index contributed by atoms with van der Waals surface area (Å²) in [5, 5.41) is 3.11. The molecule has 4 nitrogen and oxygen atoms in total. The van der Waals surface area contributed by atoms with Crippen LogP contribution < -0.4 is 15.8 Å². The van der Waals surface area contributed by atoms with Crippen molar-refractivity contribution in [1.29, 1.82) is 0 Å². The summed E-state index contributed by atoms with van der Waals surface area (Å²) in [6.45, 7) is 1.03. The Labute approximate surface area is 146 Å². The zero-order valence-electron chi connectivity index (χ0n) is 12.6. The summed E-state index contributed by atoms with van der Waals surface area (Å²) in [4.78, 5) is 12.0. The second-order valence-electron chi connectivity index (χ2n) is 5.48. The Balaban J connectivity index is 0.00000242. The molecule has 3 N–H and O–H groups in total. The van der Waals surface area contributed by atoms with E-state index >= 15 is 0 Å². The normalized spacial score (nSPS) is 20.8. The first-order chi connectivity index (χ1) is 10.2. The molecule has 0 saturated heterocycles. The van der Waals surface area contributed by atoms with Gasteiger partial charge in [-0.15, -0.1) is 12.4 Å². The third kappa shape index (κ3) is 5.78. The number of nitrogens with one attached hydrogen (secondary N) is 1. The molecule has 0 bridgehead atoms. The molecule has 1 aliphatic rings. The minimum absolute atomic E-state index is 0. The second kappa shape index (κ2) is 10.1. The average molecular weight is 392 g/mol. The van der Waals surface area contributed by atoms with Crippen LogP contribution in [-0.2, 0) is 4.79 Å². The Morgan fingerprint density at radius 2 is 2.05 bits per heavy atom. The van der Waals surface area contributed by atoms with Crippen LogP contribution in [0.5, 0.6) is 5.75 Å². The molecule has 0 heterocycles. The van der Waals surface area contributed by atoms with Gasteiger partial charge in [-0.25, -0.2) is 0 Å². The highest BCUT2D eigenvalue weighted by molar-refractivity contribution is 9.10. The first-order valence-electron chi connectivity index (χ1n) is 7.57. The van der Waals surface area contributed by atoms with Crippen molar-refractivity contribution in [3.8, 4) is 5.75 Å². The number of carbonyl (C=O) groups excluding carboxylic acids is 1. The molecule has 2 atom stereocenters. The molecule has 0 spiro atoms. The van der Waals surface area contributed by atoms with Gasteiger partial charge in [-0.3, -0.25) is 4.79 Å². The number of amides is 1. The fourth-order valence-electron chi connectivity index (χ4n) is 2.77. The maximum absolute atomic E-state index is 12.0. The molecule has 2 rings (SSSR count). The molecule has 6 heteroatoms. The van der Waals surface area contributed by atoms with E-state index in [1.807, 2.05) is 24.3 Å². The lowest BCUT2D eigenvalue weighted by Gasteiger charge is -2.31. The first-order valence-corrected chi connectivity index (χ1v) is 8.36. The quantitative estimate of drug-likeness (QED) is 0.782.